The Bertz CT molecular complexity index is 824. The zero-order valence-electron chi connectivity index (χ0n) is 10.2. The molecule has 0 spiro atoms. The van der Waals surface area contributed by atoms with Gasteiger partial charge >= 0.3 is 5.97 Å². The minimum absolute atomic E-state index is 0.178. The lowest BCUT2D eigenvalue weighted by Gasteiger charge is -2.03. The van der Waals surface area contributed by atoms with Crippen molar-refractivity contribution in [2.24, 2.45) is 0 Å². The molecule has 0 amide bonds. The maximum absolute atomic E-state index is 13.2. The standard InChI is InChI=1S/C15H9F2NO2/c16-12-4-2-8(5-13(12)17)9-1-3-10-11(15(19)20)7-18-14(10)6-9/h1-7,18H,(H,19,20). The molecule has 0 aliphatic rings. The Labute approximate surface area is 112 Å². The number of halogens is 2. The molecule has 0 aliphatic carbocycles. The number of carboxylic acid groups (broad SMARTS) is 1. The van der Waals surface area contributed by atoms with Crippen molar-refractivity contribution in [2.75, 3.05) is 0 Å². The Kier molecular flexibility index (Phi) is 2.75. The van der Waals surface area contributed by atoms with Gasteiger partial charge < -0.3 is 10.1 Å². The number of aromatic nitrogens is 1. The third kappa shape index (κ3) is 1.93. The molecule has 1 heterocycles. The maximum Gasteiger partial charge on any atom is 0.337 e. The Morgan fingerprint density at radius 3 is 2.40 bits per heavy atom. The molecule has 2 N–H and O–H groups in total. The van der Waals surface area contributed by atoms with Crippen molar-refractivity contribution < 1.29 is 18.7 Å². The van der Waals surface area contributed by atoms with Crippen molar-refractivity contribution in [1.29, 1.82) is 0 Å². The van der Waals surface area contributed by atoms with Gasteiger partial charge in [0.05, 0.1) is 5.56 Å². The first-order valence-corrected chi connectivity index (χ1v) is 5.86. The van der Waals surface area contributed by atoms with Crippen LogP contribution in [0.25, 0.3) is 22.0 Å². The van der Waals surface area contributed by atoms with Crippen molar-refractivity contribution in [3.8, 4) is 11.1 Å². The zero-order chi connectivity index (χ0) is 14.3. The predicted octanol–water partition coefficient (Wildman–Crippen LogP) is 3.81. The molecule has 2 aromatic carbocycles. The second kappa shape index (κ2) is 4.45. The van der Waals surface area contributed by atoms with Crippen molar-refractivity contribution >= 4 is 16.9 Å². The Morgan fingerprint density at radius 2 is 1.70 bits per heavy atom. The van der Waals surface area contributed by atoms with Gasteiger partial charge in [-0.05, 0) is 29.3 Å². The number of aromatic carboxylic acids is 1. The molecule has 3 nitrogen and oxygen atoms in total. The van der Waals surface area contributed by atoms with Crippen LogP contribution in [0.15, 0.2) is 42.6 Å². The fraction of sp³-hybridized carbons (Fsp3) is 0. The van der Waals surface area contributed by atoms with E-state index in [1.165, 1.54) is 12.3 Å². The summed E-state index contributed by atoms with van der Waals surface area (Å²) in [7, 11) is 0. The number of hydrogen-bond acceptors (Lipinski definition) is 1. The third-order valence-electron chi connectivity index (χ3n) is 3.17. The van der Waals surface area contributed by atoms with Crippen LogP contribution < -0.4 is 0 Å². The van der Waals surface area contributed by atoms with E-state index in [9.17, 15) is 13.6 Å². The van der Waals surface area contributed by atoms with Gasteiger partial charge in [0.15, 0.2) is 11.6 Å². The molecule has 0 bridgehead atoms. The van der Waals surface area contributed by atoms with Gasteiger partial charge in [0.2, 0.25) is 0 Å². The van der Waals surface area contributed by atoms with Gasteiger partial charge in [-0.3, -0.25) is 0 Å². The van der Waals surface area contributed by atoms with Gasteiger partial charge in [-0.1, -0.05) is 18.2 Å². The summed E-state index contributed by atoms with van der Waals surface area (Å²) < 4.78 is 26.1. The molecule has 1 aromatic heterocycles. The monoisotopic (exact) mass is 273 g/mol. The summed E-state index contributed by atoms with van der Waals surface area (Å²) in [5.41, 5.74) is 2.01. The van der Waals surface area contributed by atoms with Gasteiger partial charge in [-0.2, -0.15) is 0 Å². The van der Waals surface area contributed by atoms with E-state index in [4.69, 9.17) is 5.11 Å². The number of aromatic amines is 1. The highest BCUT2D eigenvalue weighted by molar-refractivity contribution is 6.04. The first kappa shape index (κ1) is 12.3. The number of rotatable bonds is 2. The minimum Gasteiger partial charge on any atom is -0.478 e. The average molecular weight is 273 g/mol. The van der Waals surface area contributed by atoms with E-state index >= 15 is 0 Å². The second-order valence-electron chi connectivity index (χ2n) is 4.40. The number of hydrogen-bond donors (Lipinski definition) is 2. The van der Waals surface area contributed by atoms with Crippen LogP contribution in [-0.2, 0) is 0 Å². The van der Waals surface area contributed by atoms with Crippen LogP contribution in [0.3, 0.4) is 0 Å². The van der Waals surface area contributed by atoms with E-state index in [2.05, 4.69) is 4.98 Å². The summed E-state index contributed by atoms with van der Waals surface area (Å²) in [6.45, 7) is 0. The summed E-state index contributed by atoms with van der Waals surface area (Å²) >= 11 is 0. The van der Waals surface area contributed by atoms with Gasteiger partial charge in [-0.15, -0.1) is 0 Å². The quantitative estimate of drug-likeness (QED) is 0.746. The Hall–Kier alpha value is -2.69. The average Bonchev–Trinajstić information content (AvgIpc) is 2.85. The molecular weight excluding hydrogens is 264 g/mol. The van der Waals surface area contributed by atoms with E-state index < -0.39 is 17.6 Å². The van der Waals surface area contributed by atoms with Crippen LogP contribution in [0.4, 0.5) is 8.78 Å². The SMILES string of the molecule is O=C(O)c1c[nH]c2cc(-c3ccc(F)c(F)c3)ccc12. The van der Waals surface area contributed by atoms with Crippen molar-refractivity contribution in [3.05, 3.63) is 59.8 Å². The zero-order valence-corrected chi connectivity index (χ0v) is 10.2. The molecule has 0 unspecified atom stereocenters. The van der Waals surface area contributed by atoms with Crippen LogP contribution in [0.2, 0.25) is 0 Å². The number of carbonyl (C=O) groups is 1. The van der Waals surface area contributed by atoms with Crippen LogP contribution in [0.5, 0.6) is 0 Å². The first-order chi connectivity index (χ1) is 9.56. The van der Waals surface area contributed by atoms with Crippen LogP contribution in [0.1, 0.15) is 10.4 Å². The number of carboxylic acids is 1. The highest BCUT2D eigenvalue weighted by atomic mass is 19.2. The molecule has 0 atom stereocenters. The summed E-state index contributed by atoms with van der Waals surface area (Å²) in [6.07, 6.45) is 1.40. The smallest absolute Gasteiger partial charge is 0.337 e. The highest BCUT2D eigenvalue weighted by Crippen LogP contribution is 2.27. The molecular formula is C15H9F2NO2. The topological polar surface area (TPSA) is 53.1 Å². The van der Waals surface area contributed by atoms with Gasteiger partial charge in [-0.25, -0.2) is 13.6 Å². The van der Waals surface area contributed by atoms with Crippen molar-refractivity contribution in [1.82, 2.24) is 4.98 Å². The van der Waals surface area contributed by atoms with E-state index in [1.54, 1.807) is 18.2 Å². The largest absolute Gasteiger partial charge is 0.478 e. The molecule has 0 radical (unpaired) electrons. The summed E-state index contributed by atoms with van der Waals surface area (Å²) in [4.78, 5) is 13.9. The molecule has 0 saturated carbocycles. The molecule has 5 heteroatoms. The number of benzene rings is 2. The minimum atomic E-state index is -1.02. The molecule has 20 heavy (non-hydrogen) atoms. The number of fused-ring (bicyclic) bond motifs is 1. The van der Waals surface area contributed by atoms with Gasteiger partial charge in [0, 0.05) is 17.1 Å². The van der Waals surface area contributed by atoms with Crippen molar-refractivity contribution in [2.45, 2.75) is 0 Å². The highest BCUT2D eigenvalue weighted by Gasteiger charge is 2.11. The third-order valence-corrected chi connectivity index (χ3v) is 3.17. The molecule has 100 valence electrons. The summed E-state index contributed by atoms with van der Waals surface area (Å²) in [6, 6.07) is 8.67. The van der Waals surface area contributed by atoms with E-state index in [1.807, 2.05) is 0 Å². The normalized spacial score (nSPS) is 10.9. The molecule has 0 fully saturated rings. The van der Waals surface area contributed by atoms with E-state index in [0.717, 1.165) is 12.1 Å². The van der Waals surface area contributed by atoms with Gasteiger partial charge in [0.25, 0.3) is 0 Å². The maximum atomic E-state index is 13.2. The summed E-state index contributed by atoms with van der Waals surface area (Å²) in [5, 5.41) is 9.59. The fourth-order valence-electron chi connectivity index (χ4n) is 2.16. The Morgan fingerprint density at radius 1 is 1.00 bits per heavy atom. The second-order valence-corrected chi connectivity index (χ2v) is 4.40. The lowest BCUT2D eigenvalue weighted by atomic mass is 10.0. The van der Waals surface area contributed by atoms with Crippen LogP contribution >= 0.6 is 0 Å². The van der Waals surface area contributed by atoms with E-state index in [-0.39, 0.29) is 5.56 Å². The predicted molar refractivity (Wildman–Crippen MR) is 70.6 cm³/mol. The van der Waals surface area contributed by atoms with E-state index in [0.29, 0.717) is 22.0 Å². The lowest BCUT2D eigenvalue weighted by Crippen LogP contribution is -1.93. The Balaban J connectivity index is 2.13. The van der Waals surface area contributed by atoms with Gasteiger partial charge in [0.1, 0.15) is 0 Å². The lowest BCUT2D eigenvalue weighted by molar-refractivity contribution is 0.0699. The fourth-order valence-corrected chi connectivity index (χ4v) is 2.16. The molecule has 3 aromatic rings. The van der Waals surface area contributed by atoms with Crippen molar-refractivity contribution in [3.63, 3.8) is 0 Å². The molecule has 0 saturated heterocycles. The molecule has 3 rings (SSSR count). The number of H-pyrrole nitrogens is 1. The summed E-state index contributed by atoms with van der Waals surface area (Å²) in [5.74, 6) is -2.83. The number of nitrogens with one attached hydrogen (secondary N) is 1. The molecule has 0 aliphatic heterocycles. The van der Waals surface area contributed by atoms with Crippen LogP contribution in [-0.4, -0.2) is 16.1 Å². The first-order valence-electron chi connectivity index (χ1n) is 5.86. The van der Waals surface area contributed by atoms with Crippen LogP contribution in [0, 0.1) is 11.6 Å².